The number of nitrogens with zero attached hydrogens (tertiary/aromatic N) is 1. The fraction of sp³-hybridized carbons (Fsp3) is 0.650. The maximum Gasteiger partial charge on any atom is 0.317 e. The number of carbonyl (C=O) groups excluding carboxylic acids is 1. The number of nitrogens with one attached hydrogen (secondary N) is 1. The highest BCUT2D eigenvalue weighted by atomic mass is 35.5. The summed E-state index contributed by atoms with van der Waals surface area (Å²) in [5.74, 6) is 0. The van der Waals surface area contributed by atoms with Gasteiger partial charge in [-0.05, 0) is 73.5 Å². The van der Waals surface area contributed by atoms with Gasteiger partial charge in [-0.25, -0.2) is 4.79 Å². The van der Waals surface area contributed by atoms with Crippen LogP contribution in [0.25, 0.3) is 0 Å². The zero-order chi connectivity index (χ0) is 16.6. The lowest BCUT2D eigenvalue weighted by atomic mass is 9.64. The standard InChI is InChI=1S/C20H27ClN2O/c21-17-5-1-4-16(12-17)13-20(9-10-20)14-22-18(24)23-11-3-8-19(15-23)6-2-7-19/h1,4-5,12H,2-3,6-11,13-15H2,(H,22,24). The van der Waals surface area contributed by atoms with Crippen LogP contribution >= 0.6 is 11.6 Å². The minimum absolute atomic E-state index is 0.151. The molecule has 1 aliphatic heterocycles. The summed E-state index contributed by atoms with van der Waals surface area (Å²) in [7, 11) is 0. The van der Waals surface area contributed by atoms with Crippen LogP contribution in [-0.4, -0.2) is 30.6 Å². The van der Waals surface area contributed by atoms with Gasteiger partial charge in [0, 0.05) is 24.7 Å². The molecule has 2 aliphatic carbocycles. The Labute approximate surface area is 149 Å². The van der Waals surface area contributed by atoms with Gasteiger partial charge in [0.25, 0.3) is 0 Å². The number of rotatable bonds is 4. The van der Waals surface area contributed by atoms with E-state index in [1.54, 1.807) is 0 Å². The first-order chi connectivity index (χ1) is 11.6. The van der Waals surface area contributed by atoms with E-state index < -0.39 is 0 Å². The second kappa shape index (κ2) is 6.25. The van der Waals surface area contributed by atoms with Crippen LogP contribution in [0, 0.1) is 10.8 Å². The molecule has 3 fully saturated rings. The summed E-state index contributed by atoms with van der Waals surface area (Å²) in [5.41, 5.74) is 2.00. The average Bonchev–Trinajstić information content (AvgIpc) is 3.31. The predicted octanol–water partition coefficient (Wildman–Crippen LogP) is 4.64. The highest BCUT2D eigenvalue weighted by Gasteiger charge is 2.44. The number of hydrogen-bond donors (Lipinski definition) is 1. The van der Waals surface area contributed by atoms with Crippen molar-refractivity contribution in [1.82, 2.24) is 10.2 Å². The lowest BCUT2D eigenvalue weighted by molar-refractivity contribution is 0.0367. The summed E-state index contributed by atoms with van der Waals surface area (Å²) in [6.07, 6.45) is 9.87. The van der Waals surface area contributed by atoms with Gasteiger partial charge in [-0.3, -0.25) is 0 Å². The SMILES string of the molecule is O=C(NCC1(Cc2cccc(Cl)c2)CC1)N1CCCC2(CCC2)C1. The van der Waals surface area contributed by atoms with Crippen molar-refractivity contribution in [2.24, 2.45) is 10.8 Å². The lowest BCUT2D eigenvalue weighted by Gasteiger charge is -2.48. The Hall–Kier alpha value is -1.22. The van der Waals surface area contributed by atoms with Gasteiger partial charge in [0.2, 0.25) is 0 Å². The summed E-state index contributed by atoms with van der Waals surface area (Å²) >= 11 is 6.09. The molecule has 4 heteroatoms. The molecular weight excluding hydrogens is 320 g/mol. The lowest BCUT2D eigenvalue weighted by Crippen LogP contribution is -2.52. The number of amides is 2. The molecule has 130 valence electrons. The van der Waals surface area contributed by atoms with Crippen LogP contribution in [0.4, 0.5) is 4.79 Å². The fourth-order valence-electron chi connectivity index (χ4n) is 4.51. The van der Waals surface area contributed by atoms with E-state index in [1.807, 2.05) is 12.1 Å². The molecule has 2 amide bonds. The number of carbonyl (C=O) groups is 1. The van der Waals surface area contributed by atoms with Crippen LogP contribution in [0.15, 0.2) is 24.3 Å². The molecule has 3 nitrogen and oxygen atoms in total. The molecule has 3 aliphatic rings. The highest BCUT2D eigenvalue weighted by molar-refractivity contribution is 6.30. The Morgan fingerprint density at radius 3 is 2.62 bits per heavy atom. The van der Waals surface area contributed by atoms with E-state index in [0.29, 0.717) is 5.41 Å². The third-order valence-electron chi connectivity index (χ3n) is 6.40. The molecule has 0 bridgehead atoms. The van der Waals surface area contributed by atoms with Crippen molar-refractivity contribution < 1.29 is 4.79 Å². The van der Waals surface area contributed by atoms with Crippen LogP contribution in [0.2, 0.25) is 5.02 Å². The molecule has 1 aromatic carbocycles. The first-order valence-corrected chi connectivity index (χ1v) is 9.73. The van der Waals surface area contributed by atoms with E-state index in [2.05, 4.69) is 22.3 Å². The van der Waals surface area contributed by atoms with Crippen molar-refractivity contribution in [1.29, 1.82) is 0 Å². The molecule has 0 unspecified atom stereocenters. The Morgan fingerprint density at radius 2 is 1.96 bits per heavy atom. The molecule has 1 saturated heterocycles. The zero-order valence-electron chi connectivity index (χ0n) is 14.3. The molecule has 0 atom stereocenters. The van der Waals surface area contributed by atoms with Gasteiger partial charge in [-0.2, -0.15) is 0 Å². The molecule has 0 radical (unpaired) electrons. The second-order valence-electron chi connectivity index (χ2n) is 8.34. The first kappa shape index (κ1) is 16.3. The van der Waals surface area contributed by atoms with Crippen LogP contribution < -0.4 is 5.32 Å². The van der Waals surface area contributed by atoms with Gasteiger partial charge in [0.15, 0.2) is 0 Å². The van der Waals surface area contributed by atoms with Crippen LogP contribution in [0.5, 0.6) is 0 Å². The second-order valence-corrected chi connectivity index (χ2v) is 8.78. The van der Waals surface area contributed by atoms with Crippen LogP contribution in [-0.2, 0) is 6.42 Å². The van der Waals surface area contributed by atoms with Crippen LogP contribution in [0.1, 0.15) is 50.5 Å². The van der Waals surface area contributed by atoms with Crippen molar-refractivity contribution in [3.8, 4) is 0 Å². The van der Waals surface area contributed by atoms with E-state index in [-0.39, 0.29) is 11.4 Å². The number of hydrogen-bond acceptors (Lipinski definition) is 1. The summed E-state index contributed by atoms with van der Waals surface area (Å²) in [4.78, 5) is 14.7. The Bertz CT molecular complexity index is 622. The minimum Gasteiger partial charge on any atom is -0.337 e. The van der Waals surface area contributed by atoms with Crippen molar-refractivity contribution in [3.63, 3.8) is 0 Å². The maximum atomic E-state index is 12.6. The maximum absolute atomic E-state index is 12.6. The summed E-state index contributed by atoms with van der Waals surface area (Å²) in [5, 5.41) is 4.03. The van der Waals surface area contributed by atoms with Gasteiger partial charge in [-0.1, -0.05) is 30.2 Å². The molecule has 2 saturated carbocycles. The molecule has 1 aromatic rings. The molecular formula is C20H27ClN2O. The molecule has 0 aromatic heterocycles. The van der Waals surface area contributed by atoms with E-state index >= 15 is 0 Å². The predicted molar refractivity (Wildman–Crippen MR) is 97.3 cm³/mol. The van der Waals surface area contributed by atoms with E-state index in [1.165, 1.54) is 50.5 Å². The van der Waals surface area contributed by atoms with Gasteiger partial charge in [-0.15, -0.1) is 0 Å². The van der Waals surface area contributed by atoms with E-state index in [4.69, 9.17) is 11.6 Å². The van der Waals surface area contributed by atoms with E-state index in [9.17, 15) is 4.79 Å². The van der Waals surface area contributed by atoms with Gasteiger partial charge in [0.05, 0.1) is 0 Å². The Balaban J connectivity index is 1.30. The Kier molecular flexibility index (Phi) is 4.24. The number of urea groups is 1. The minimum atomic E-state index is 0.151. The van der Waals surface area contributed by atoms with Crippen molar-refractivity contribution in [2.45, 2.75) is 51.4 Å². The highest BCUT2D eigenvalue weighted by Crippen LogP contribution is 2.49. The van der Waals surface area contributed by atoms with Crippen molar-refractivity contribution >= 4 is 17.6 Å². The summed E-state index contributed by atoms with van der Waals surface area (Å²) in [6, 6.07) is 8.27. The van der Waals surface area contributed by atoms with Crippen molar-refractivity contribution in [3.05, 3.63) is 34.9 Å². The number of halogens is 1. The monoisotopic (exact) mass is 346 g/mol. The molecule has 24 heavy (non-hydrogen) atoms. The molecule has 1 N–H and O–H groups in total. The van der Waals surface area contributed by atoms with Gasteiger partial charge < -0.3 is 10.2 Å². The average molecular weight is 347 g/mol. The zero-order valence-corrected chi connectivity index (χ0v) is 15.1. The van der Waals surface area contributed by atoms with Crippen molar-refractivity contribution in [2.75, 3.05) is 19.6 Å². The first-order valence-electron chi connectivity index (χ1n) is 9.36. The number of piperidine rings is 1. The molecule has 4 rings (SSSR count). The quantitative estimate of drug-likeness (QED) is 0.846. The number of benzene rings is 1. The van der Waals surface area contributed by atoms with Crippen LogP contribution in [0.3, 0.4) is 0 Å². The van der Waals surface area contributed by atoms with Gasteiger partial charge >= 0.3 is 6.03 Å². The smallest absolute Gasteiger partial charge is 0.317 e. The third-order valence-corrected chi connectivity index (χ3v) is 6.64. The normalized spacial score (nSPS) is 23.6. The molecule has 1 spiro atoms. The summed E-state index contributed by atoms with van der Waals surface area (Å²) in [6.45, 7) is 2.69. The third kappa shape index (κ3) is 3.42. The fourth-order valence-corrected chi connectivity index (χ4v) is 4.73. The topological polar surface area (TPSA) is 32.3 Å². The van der Waals surface area contributed by atoms with E-state index in [0.717, 1.165) is 31.1 Å². The van der Waals surface area contributed by atoms with Gasteiger partial charge in [0.1, 0.15) is 0 Å². The summed E-state index contributed by atoms with van der Waals surface area (Å²) < 4.78 is 0. The molecule has 1 heterocycles. The largest absolute Gasteiger partial charge is 0.337 e. The Morgan fingerprint density at radius 1 is 1.17 bits per heavy atom. The number of likely N-dealkylation sites (tertiary alicyclic amines) is 1.